The van der Waals surface area contributed by atoms with Crippen LogP contribution < -0.4 is 5.32 Å². The van der Waals surface area contributed by atoms with Gasteiger partial charge in [-0.1, -0.05) is 0 Å². The molecule has 1 N–H and O–H groups in total. The van der Waals surface area contributed by atoms with Gasteiger partial charge in [0.1, 0.15) is 5.60 Å². The number of hydrogen-bond donors (Lipinski definition) is 1. The van der Waals surface area contributed by atoms with Crippen molar-refractivity contribution in [1.29, 1.82) is 0 Å². The average Bonchev–Trinajstić information content (AvgIpc) is 2.22. The first kappa shape index (κ1) is 17.2. The zero-order valence-electron chi connectivity index (χ0n) is 12.6. The van der Waals surface area contributed by atoms with E-state index in [1.54, 1.807) is 12.0 Å². The quantitative estimate of drug-likeness (QED) is 0.759. The third-order valence-corrected chi connectivity index (χ3v) is 2.32. The van der Waals surface area contributed by atoms with Crippen molar-refractivity contribution in [3.63, 3.8) is 0 Å². The fourth-order valence-corrected chi connectivity index (χ4v) is 1.46. The Morgan fingerprint density at radius 1 is 1.39 bits per heavy atom. The van der Waals surface area contributed by atoms with E-state index in [0.717, 1.165) is 6.54 Å². The number of ether oxygens (including phenoxy) is 2. The lowest BCUT2D eigenvalue weighted by molar-refractivity contribution is 0.0260. The Bertz CT molecular complexity index is 239. The molecule has 0 spiro atoms. The van der Waals surface area contributed by atoms with Crippen molar-refractivity contribution in [1.82, 2.24) is 10.2 Å². The van der Waals surface area contributed by atoms with Crippen molar-refractivity contribution in [2.75, 3.05) is 33.4 Å². The van der Waals surface area contributed by atoms with Gasteiger partial charge < -0.3 is 19.7 Å². The minimum Gasteiger partial charge on any atom is -0.444 e. The van der Waals surface area contributed by atoms with Crippen LogP contribution in [0.1, 0.15) is 34.6 Å². The molecule has 0 bridgehead atoms. The lowest BCUT2D eigenvalue weighted by Gasteiger charge is -2.27. The van der Waals surface area contributed by atoms with E-state index in [1.165, 1.54) is 0 Å². The molecule has 0 heterocycles. The summed E-state index contributed by atoms with van der Waals surface area (Å²) in [6, 6.07) is 0.285. The van der Waals surface area contributed by atoms with E-state index in [1.807, 2.05) is 34.6 Å². The third kappa shape index (κ3) is 8.31. The molecule has 18 heavy (non-hydrogen) atoms. The van der Waals surface area contributed by atoms with Gasteiger partial charge in [-0.15, -0.1) is 0 Å². The van der Waals surface area contributed by atoms with Crippen LogP contribution >= 0.6 is 0 Å². The topological polar surface area (TPSA) is 50.8 Å². The maximum atomic E-state index is 11.8. The Balaban J connectivity index is 4.00. The first-order valence-electron chi connectivity index (χ1n) is 6.50. The maximum Gasteiger partial charge on any atom is 0.410 e. The third-order valence-electron chi connectivity index (χ3n) is 2.32. The van der Waals surface area contributed by atoms with E-state index >= 15 is 0 Å². The maximum absolute atomic E-state index is 11.8. The van der Waals surface area contributed by atoms with Crippen LogP contribution in [-0.2, 0) is 9.47 Å². The number of nitrogens with one attached hydrogen (secondary N) is 1. The number of amides is 1. The first-order chi connectivity index (χ1) is 8.30. The van der Waals surface area contributed by atoms with Crippen LogP contribution in [-0.4, -0.2) is 56.0 Å². The largest absolute Gasteiger partial charge is 0.444 e. The monoisotopic (exact) mass is 260 g/mol. The highest BCUT2D eigenvalue weighted by atomic mass is 16.6. The van der Waals surface area contributed by atoms with Crippen LogP contribution in [0.5, 0.6) is 0 Å². The molecule has 0 aromatic heterocycles. The smallest absolute Gasteiger partial charge is 0.410 e. The van der Waals surface area contributed by atoms with Crippen molar-refractivity contribution in [3.8, 4) is 0 Å². The number of carbonyl (C=O) groups excluding carboxylic acids is 1. The number of methoxy groups -OCH3 is 1. The Morgan fingerprint density at radius 3 is 2.44 bits per heavy atom. The first-order valence-corrected chi connectivity index (χ1v) is 6.50. The van der Waals surface area contributed by atoms with Gasteiger partial charge in [0.2, 0.25) is 0 Å². The Kier molecular flexibility index (Phi) is 7.95. The number of hydrogen-bond acceptors (Lipinski definition) is 4. The molecule has 0 aromatic carbocycles. The summed E-state index contributed by atoms with van der Waals surface area (Å²) < 4.78 is 10.4. The standard InChI is InChI=1S/C13H28N2O3/c1-7-15(12(16)18-13(3,4)5)9-8-14-11(2)10-17-6/h11,14H,7-10H2,1-6H3. The number of likely N-dealkylation sites (N-methyl/N-ethyl adjacent to an activating group) is 1. The highest BCUT2D eigenvalue weighted by molar-refractivity contribution is 5.68. The minimum absolute atomic E-state index is 0.258. The van der Waals surface area contributed by atoms with Crippen molar-refractivity contribution < 1.29 is 14.3 Å². The highest BCUT2D eigenvalue weighted by Gasteiger charge is 2.20. The molecule has 108 valence electrons. The Labute approximate surface area is 111 Å². The second kappa shape index (κ2) is 8.32. The molecule has 0 saturated carbocycles. The molecule has 0 saturated heterocycles. The average molecular weight is 260 g/mol. The van der Waals surface area contributed by atoms with Gasteiger partial charge in [0.15, 0.2) is 0 Å². The molecule has 0 fully saturated rings. The van der Waals surface area contributed by atoms with Crippen LogP contribution in [0, 0.1) is 0 Å². The summed E-state index contributed by atoms with van der Waals surface area (Å²) in [4.78, 5) is 13.5. The van der Waals surface area contributed by atoms with Crippen LogP contribution in [0.4, 0.5) is 4.79 Å². The van der Waals surface area contributed by atoms with E-state index < -0.39 is 5.60 Å². The van der Waals surface area contributed by atoms with Gasteiger partial charge in [0.25, 0.3) is 0 Å². The normalized spacial score (nSPS) is 13.2. The number of carbonyl (C=O) groups is 1. The van der Waals surface area contributed by atoms with Gasteiger partial charge in [-0.05, 0) is 34.6 Å². The summed E-state index contributed by atoms with van der Waals surface area (Å²) in [5, 5.41) is 3.29. The molecular formula is C13H28N2O3. The molecule has 5 heteroatoms. The van der Waals surface area contributed by atoms with Crippen molar-refractivity contribution >= 4 is 6.09 Å². The summed E-state index contributed by atoms with van der Waals surface area (Å²) >= 11 is 0. The van der Waals surface area contributed by atoms with Gasteiger partial charge in [0.05, 0.1) is 6.61 Å². The summed E-state index contributed by atoms with van der Waals surface area (Å²) in [6.07, 6.45) is -0.258. The SMILES string of the molecule is CCN(CCNC(C)COC)C(=O)OC(C)(C)C. The fraction of sp³-hybridized carbons (Fsp3) is 0.923. The molecule has 0 radical (unpaired) electrons. The molecule has 0 aliphatic rings. The molecule has 0 rings (SSSR count). The molecule has 0 aromatic rings. The van der Waals surface area contributed by atoms with E-state index in [4.69, 9.17) is 9.47 Å². The molecule has 0 aliphatic carbocycles. The number of nitrogens with zero attached hydrogens (tertiary/aromatic N) is 1. The summed E-state index contributed by atoms with van der Waals surface area (Å²) in [5.74, 6) is 0. The van der Waals surface area contributed by atoms with Crippen LogP contribution in [0.2, 0.25) is 0 Å². The molecule has 1 unspecified atom stereocenters. The number of rotatable bonds is 7. The summed E-state index contributed by atoms with van der Waals surface area (Å²) in [7, 11) is 1.68. The minimum atomic E-state index is -0.443. The van der Waals surface area contributed by atoms with Crippen molar-refractivity contribution in [2.24, 2.45) is 0 Å². The van der Waals surface area contributed by atoms with E-state index in [2.05, 4.69) is 5.32 Å². The lowest BCUT2D eigenvalue weighted by Crippen LogP contribution is -2.42. The van der Waals surface area contributed by atoms with Gasteiger partial charge >= 0.3 is 6.09 Å². The van der Waals surface area contributed by atoms with Gasteiger partial charge in [-0.3, -0.25) is 0 Å². The second-order valence-electron chi connectivity index (χ2n) is 5.37. The van der Waals surface area contributed by atoms with E-state index in [9.17, 15) is 4.79 Å². The predicted octanol–water partition coefficient (Wildman–Crippen LogP) is 1.87. The zero-order valence-corrected chi connectivity index (χ0v) is 12.6. The highest BCUT2D eigenvalue weighted by Crippen LogP contribution is 2.09. The molecular weight excluding hydrogens is 232 g/mol. The van der Waals surface area contributed by atoms with Gasteiger partial charge in [-0.25, -0.2) is 4.79 Å². The van der Waals surface area contributed by atoms with Crippen molar-refractivity contribution in [2.45, 2.75) is 46.3 Å². The van der Waals surface area contributed by atoms with E-state index in [0.29, 0.717) is 19.7 Å². The zero-order chi connectivity index (χ0) is 14.2. The summed E-state index contributed by atoms with van der Waals surface area (Å²) in [5.41, 5.74) is -0.443. The lowest BCUT2D eigenvalue weighted by atomic mass is 10.2. The predicted molar refractivity (Wildman–Crippen MR) is 72.8 cm³/mol. The molecule has 1 amide bonds. The van der Waals surface area contributed by atoms with E-state index in [-0.39, 0.29) is 12.1 Å². The second-order valence-corrected chi connectivity index (χ2v) is 5.37. The van der Waals surface area contributed by atoms with Crippen LogP contribution in [0.25, 0.3) is 0 Å². The van der Waals surface area contributed by atoms with Gasteiger partial charge in [0, 0.05) is 32.8 Å². The Morgan fingerprint density at radius 2 is 2.00 bits per heavy atom. The van der Waals surface area contributed by atoms with Crippen LogP contribution in [0.15, 0.2) is 0 Å². The van der Waals surface area contributed by atoms with Crippen molar-refractivity contribution in [3.05, 3.63) is 0 Å². The fourth-order valence-electron chi connectivity index (χ4n) is 1.46. The molecule has 1 atom stereocenters. The summed E-state index contributed by atoms with van der Waals surface area (Å²) in [6.45, 7) is 12.3. The van der Waals surface area contributed by atoms with Gasteiger partial charge in [-0.2, -0.15) is 0 Å². The molecule has 0 aliphatic heterocycles. The van der Waals surface area contributed by atoms with Crippen LogP contribution in [0.3, 0.4) is 0 Å². The Hall–Kier alpha value is -0.810. The molecule has 5 nitrogen and oxygen atoms in total.